The van der Waals surface area contributed by atoms with Crippen LogP contribution in [0.3, 0.4) is 0 Å². The second-order valence-corrected chi connectivity index (χ2v) is 5.60. The monoisotopic (exact) mass is 371 g/mol. The number of hydrogen-bond acceptors (Lipinski definition) is 3. The Labute approximate surface area is 122 Å². The molecule has 1 aromatic carbocycles. The van der Waals surface area contributed by atoms with Crippen molar-refractivity contribution in [2.45, 2.75) is 0 Å². The molecule has 0 aromatic heterocycles. The predicted octanol–water partition coefficient (Wildman–Crippen LogP) is 2.78. The molecule has 94 valence electrons. The minimum Gasteiger partial charge on any atom is -0.366 e. The molecule has 0 fully saturated rings. The Morgan fingerprint density at radius 3 is 2.56 bits per heavy atom. The standard InChI is InChI=1S/C12H11Br2N3O/c13-9-4-10(14)6-11(5-9)16-17-3-1-2-8(7-17)12(15)18/h1-2,4-7,16H,3H2,(H2,15,18). The van der Waals surface area contributed by atoms with E-state index in [1.54, 1.807) is 17.3 Å². The van der Waals surface area contributed by atoms with Gasteiger partial charge in [-0.15, -0.1) is 0 Å². The van der Waals surface area contributed by atoms with E-state index in [1.165, 1.54) is 0 Å². The third-order valence-electron chi connectivity index (χ3n) is 2.31. The number of hydrogen-bond donors (Lipinski definition) is 2. The highest BCUT2D eigenvalue weighted by Gasteiger charge is 2.09. The maximum atomic E-state index is 11.1. The van der Waals surface area contributed by atoms with E-state index >= 15 is 0 Å². The van der Waals surface area contributed by atoms with E-state index < -0.39 is 5.91 Å². The van der Waals surface area contributed by atoms with Gasteiger partial charge in [-0.2, -0.15) is 0 Å². The van der Waals surface area contributed by atoms with Crippen molar-refractivity contribution in [1.29, 1.82) is 0 Å². The van der Waals surface area contributed by atoms with Crippen LogP contribution in [0.1, 0.15) is 0 Å². The summed E-state index contributed by atoms with van der Waals surface area (Å²) in [7, 11) is 0. The number of halogens is 2. The second kappa shape index (κ2) is 5.58. The first-order valence-electron chi connectivity index (χ1n) is 5.22. The third-order valence-corrected chi connectivity index (χ3v) is 3.23. The molecule has 18 heavy (non-hydrogen) atoms. The number of carbonyl (C=O) groups is 1. The van der Waals surface area contributed by atoms with Crippen molar-refractivity contribution in [3.8, 4) is 0 Å². The van der Waals surface area contributed by atoms with Crippen molar-refractivity contribution in [1.82, 2.24) is 5.01 Å². The van der Waals surface area contributed by atoms with Gasteiger partial charge in [0.2, 0.25) is 5.91 Å². The molecule has 0 unspecified atom stereocenters. The van der Waals surface area contributed by atoms with E-state index in [2.05, 4.69) is 37.3 Å². The van der Waals surface area contributed by atoms with Crippen molar-refractivity contribution < 1.29 is 4.79 Å². The van der Waals surface area contributed by atoms with Gasteiger partial charge in [-0.05, 0) is 18.2 Å². The van der Waals surface area contributed by atoms with Crippen LogP contribution in [0.5, 0.6) is 0 Å². The largest absolute Gasteiger partial charge is 0.366 e. The van der Waals surface area contributed by atoms with Gasteiger partial charge in [0.05, 0.1) is 17.8 Å². The Bertz CT molecular complexity index is 520. The number of carbonyl (C=O) groups excluding carboxylic acids is 1. The van der Waals surface area contributed by atoms with Gasteiger partial charge in [-0.3, -0.25) is 15.2 Å². The average molecular weight is 373 g/mol. The Morgan fingerprint density at radius 2 is 1.94 bits per heavy atom. The lowest BCUT2D eigenvalue weighted by molar-refractivity contribution is -0.114. The Morgan fingerprint density at radius 1 is 1.28 bits per heavy atom. The normalized spacial score (nSPS) is 14.3. The van der Waals surface area contributed by atoms with E-state index in [4.69, 9.17) is 5.73 Å². The van der Waals surface area contributed by atoms with Crippen LogP contribution in [0.15, 0.2) is 51.1 Å². The summed E-state index contributed by atoms with van der Waals surface area (Å²) < 4.78 is 1.93. The SMILES string of the molecule is NC(=O)C1=CN(Nc2cc(Br)cc(Br)c2)CC=C1. The summed E-state index contributed by atoms with van der Waals surface area (Å²) in [5.74, 6) is -0.437. The lowest BCUT2D eigenvalue weighted by atomic mass is 10.2. The number of nitrogens with zero attached hydrogens (tertiary/aromatic N) is 1. The quantitative estimate of drug-likeness (QED) is 0.857. The fraction of sp³-hybridized carbons (Fsp3) is 0.0833. The average Bonchev–Trinajstić information content (AvgIpc) is 2.27. The molecule has 0 spiro atoms. The highest BCUT2D eigenvalue weighted by atomic mass is 79.9. The molecule has 0 atom stereocenters. The van der Waals surface area contributed by atoms with Crippen LogP contribution < -0.4 is 11.2 Å². The van der Waals surface area contributed by atoms with Crippen molar-refractivity contribution in [2.24, 2.45) is 5.73 Å². The molecule has 4 nitrogen and oxygen atoms in total. The Hall–Kier alpha value is -1.27. The van der Waals surface area contributed by atoms with Crippen molar-refractivity contribution in [3.63, 3.8) is 0 Å². The highest BCUT2D eigenvalue weighted by Crippen LogP contribution is 2.24. The Balaban J connectivity index is 2.15. The molecular weight excluding hydrogens is 362 g/mol. The van der Waals surface area contributed by atoms with Crippen LogP contribution in [-0.2, 0) is 4.79 Å². The molecule has 6 heteroatoms. The number of nitrogens with one attached hydrogen (secondary N) is 1. The number of benzene rings is 1. The van der Waals surface area contributed by atoms with Gasteiger partial charge in [0.1, 0.15) is 0 Å². The smallest absolute Gasteiger partial charge is 0.250 e. The van der Waals surface area contributed by atoms with Gasteiger partial charge in [0.25, 0.3) is 0 Å². The van der Waals surface area contributed by atoms with Crippen LogP contribution >= 0.6 is 31.9 Å². The lowest BCUT2D eigenvalue weighted by Crippen LogP contribution is -2.29. The number of nitrogens with two attached hydrogens (primary N) is 1. The number of amides is 1. The van der Waals surface area contributed by atoms with Crippen LogP contribution in [0.25, 0.3) is 0 Å². The van der Waals surface area contributed by atoms with Gasteiger partial charge >= 0.3 is 0 Å². The molecule has 0 radical (unpaired) electrons. The maximum Gasteiger partial charge on any atom is 0.250 e. The summed E-state index contributed by atoms with van der Waals surface area (Å²) in [6.45, 7) is 0.668. The van der Waals surface area contributed by atoms with E-state index in [0.29, 0.717) is 12.1 Å². The molecule has 3 N–H and O–H groups in total. The molecule has 1 aliphatic rings. The summed E-state index contributed by atoms with van der Waals surface area (Å²) in [5.41, 5.74) is 9.81. The summed E-state index contributed by atoms with van der Waals surface area (Å²) in [6, 6.07) is 5.84. The van der Waals surface area contributed by atoms with Crippen molar-refractivity contribution in [3.05, 3.63) is 51.1 Å². The molecule has 1 amide bonds. The number of rotatable bonds is 3. The first-order valence-corrected chi connectivity index (χ1v) is 6.81. The minimum atomic E-state index is -0.437. The fourth-order valence-corrected chi connectivity index (χ4v) is 2.86. The molecule has 1 aliphatic heterocycles. The van der Waals surface area contributed by atoms with Crippen LogP contribution in [0, 0.1) is 0 Å². The first-order chi connectivity index (χ1) is 8.54. The van der Waals surface area contributed by atoms with E-state index in [0.717, 1.165) is 14.6 Å². The molecule has 0 bridgehead atoms. The molecule has 1 heterocycles. The topological polar surface area (TPSA) is 58.4 Å². The number of primary amides is 1. The van der Waals surface area contributed by atoms with Crippen LogP contribution in [0.2, 0.25) is 0 Å². The number of hydrazine groups is 1. The zero-order chi connectivity index (χ0) is 13.1. The summed E-state index contributed by atoms with van der Waals surface area (Å²) in [6.07, 6.45) is 5.29. The molecule has 0 aliphatic carbocycles. The molecule has 2 rings (SSSR count). The van der Waals surface area contributed by atoms with Crippen LogP contribution in [-0.4, -0.2) is 17.5 Å². The number of anilines is 1. The zero-order valence-corrected chi connectivity index (χ0v) is 12.5. The Kier molecular flexibility index (Phi) is 4.08. The molecule has 0 saturated heterocycles. The van der Waals surface area contributed by atoms with Gasteiger partial charge in [-0.1, -0.05) is 44.0 Å². The lowest BCUT2D eigenvalue weighted by Gasteiger charge is -2.24. The predicted molar refractivity (Wildman–Crippen MR) is 78.6 cm³/mol. The highest BCUT2D eigenvalue weighted by molar-refractivity contribution is 9.11. The fourth-order valence-electron chi connectivity index (χ4n) is 1.56. The summed E-state index contributed by atoms with van der Waals surface area (Å²) >= 11 is 6.84. The molecule has 1 aromatic rings. The van der Waals surface area contributed by atoms with Crippen molar-refractivity contribution in [2.75, 3.05) is 12.0 Å². The summed E-state index contributed by atoms with van der Waals surface area (Å²) in [4.78, 5) is 11.1. The van der Waals surface area contributed by atoms with Gasteiger partial charge in [0, 0.05) is 15.1 Å². The van der Waals surface area contributed by atoms with Gasteiger partial charge in [-0.25, -0.2) is 0 Å². The molecule has 0 saturated carbocycles. The molecular formula is C12H11Br2N3O. The van der Waals surface area contributed by atoms with E-state index in [9.17, 15) is 4.79 Å². The maximum absolute atomic E-state index is 11.1. The van der Waals surface area contributed by atoms with Gasteiger partial charge < -0.3 is 5.73 Å². The first kappa shape index (κ1) is 13.2. The van der Waals surface area contributed by atoms with Gasteiger partial charge in [0.15, 0.2) is 0 Å². The van der Waals surface area contributed by atoms with Crippen LogP contribution in [0.4, 0.5) is 5.69 Å². The van der Waals surface area contributed by atoms with E-state index in [-0.39, 0.29) is 0 Å². The third kappa shape index (κ3) is 3.36. The zero-order valence-electron chi connectivity index (χ0n) is 9.36. The minimum absolute atomic E-state index is 0.437. The second-order valence-electron chi connectivity index (χ2n) is 3.77. The van der Waals surface area contributed by atoms with E-state index in [1.807, 2.05) is 24.3 Å². The summed E-state index contributed by atoms with van der Waals surface area (Å²) in [5, 5.41) is 1.80. The van der Waals surface area contributed by atoms with Crippen molar-refractivity contribution >= 4 is 43.5 Å².